The van der Waals surface area contributed by atoms with Gasteiger partial charge in [-0.15, -0.1) is 6.58 Å². The van der Waals surface area contributed by atoms with Gasteiger partial charge in [0.15, 0.2) is 0 Å². The van der Waals surface area contributed by atoms with Gasteiger partial charge in [0.2, 0.25) is 0 Å². The third-order valence-corrected chi connectivity index (χ3v) is 5.87. The molecule has 0 spiro atoms. The van der Waals surface area contributed by atoms with Gasteiger partial charge in [0.05, 0.1) is 23.2 Å². The van der Waals surface area contributed by atoms with Gasteiger partial charge in [0.25, 0.3) is 10.0 Å². The van der Waals surface area contributed by atoms with Crippen molar-refractivity contribution >= 4 is 27.8 Å². The van der Waals surface area contributed by atoms with Crippen LogP contribution in [-0.2, 0) is 14.9 Å². The second-order valence-electron chi connectivity index (χ2n) is 6.49. The van der Waals surface area contributed by atoms with Gasteiger partial charge in [-0.1, -0.05) is 42.5 Å². The van der Waals surface area contributed by atoms with Crippen molar-refractivity contribution < 1.29 is 22.8 Å². The Bertz CT molecular complexity index is 1060. The lowest BCUT2D eigenvalue weighted by atomic mass is 10.1. The summed E-state index contributed by atoms with van der Waals surface area (Å²) in [6.07, 6.45) is 1.49. The topological polar surface area (TPSA) is 99.3 Å². The van der Waals surface area contributed by atoms with Crippen molar-refractivity contribution in [2.75, 3.05) is 18.7 Å². The predicted molar refractivity (Wildman–Crippen MR) is 111 cm³/mol. The van der Waals surface area contributed by atoms with Gasteiger partial charge >= 0.3 is 12.1 Å². The summed E-state index contributed by atoms with van der Waals surface area (Å²) in [5, 5.41) is 3.10. The number of carbonyl (C=O) groups is 2. The lowest BCUT2D eigenvalue weighted by Crippen LogP contribution is -2.55. The summed E-state index contributed by atoms with van der Waals surface area (Å²) in [6.45, 7) is 5.41. The van der Waals surface area contributed by atoms with E-state index in [2.05, 4.69) is 6.58 Å². The number of sulfonamides is 1. The van der Waals surface area contributed by atoms with E-state index in [9.17, 15) is 18.0 Å². The number of benzene rings is 2. The summed E-state index contributed by atoms with van der Waals surface area (Å²) >= 11 is 0. The predicted octanol–water partition coefficient (Wildman–Crippen LogP) is 3.05. The van der Waals surface area contributed by atoms with Crippen molar-refractivity contribution in [3.63, 3.8) is 0 Å². The Morgan fingerprint density at radius 3 is 2.47 bits per heavy atom. The smallest absolute Gasteiger partial charge is 0.265 e. The maximum atomic E-state index is 13.1. The largest absolute Gasteiger partial charge is 0.363 e. The Kier molecular flexibility index (Phi) is 6.09. The number of nitrogens with zero attached hydrogens (tertiary/aromatic N) is 3. The fourth-order valence-corrected chi connectivity index (χ4v) is 4.03. The number of nitrogens with one attached hydrogen (secondary N) is 1. The average Bonchev–Trinajstić information content (AvgIpc) is 2.81. The quantitative estimate of drug-likeness (QED) is 0.735. The molecule has 158 valence electrons. The first kappa shape index (κ1) is 21.3. The van der Waals surface area contributed by atoms with Crippen LogP contribution in [0.3, 0.4) is 0 Å². The molecule has 1 N–H and O–H groups in total. The van der Waals surface area contributed by atoms with E-state index in [1.54, 1.807) is 49.4 Å². The minimum absolute atomic E-state index is 0.0697. The monoisotopic (exact) mass is 430 g/mol. The molecule has 0 aromatic heterocycles. The number of amides is 4. The molecule has 4 amide bonds. The standard InChI is InChI=1S/C20H22N4O5S/c1-4-14-29-24-15(2)17-12-8-9-13-18(17)23(22(3)20(24)26)19(25)21-30(27,28)16-10-6-5-7-11-16/h4-13,15H,1,14H2,2-3H3,(H,21,25). The van der Waals surface area contributed by atoms with Gasteiger partial charge in [0.1, 0.15) is 0 Å². The summed E-state index contributed by atoms with van der Waals surface area (Å²) in [4.78, 5) is 31.5. The maximum absolute atomic E-state index is 13.1. The first-order valence-electron chi connectivity index (χ1n) is 9.09. The van der Waals surface area contributed by atoms with Crippen LogP contribution in [-0.4, -0.2) is 44.2 Å². The van der Waals surface area contributed by atoms with Crippen LogP contribution in [0.15, 0.2) is 72.1 Å². The Labute approximate surface area is 175 Å². The molecule has 0 fully saturated rings. The number of hydrogen-bond acceptors (Lipinski definition) is 5. The van der Waals surface area contributed by atoms with E-state index in [0.717, 1.165) is 15.1 Å². The molecule has 1 aliphatic rings. The molecule has 30 heavy (non-hydrogen) atoms. The molecule has 1 unspecified atom stereocenters. The van der Waals surface area contributed by atoms with Crippen LogP contribution in [0.4, 0.5) is 15.3 Å². The molecule has 10 heteroatoms. The molecular formula is C20H22N4O5S. The first-order chi connectivity index (χ1) is 14.3. The van der Waals surface area contributed by atoms with Crippen LogP contribution in [0.1, 0.15) is 18.5 Å². The molecule has 0 saturated carbocycles. The van der Waals surface area contributed by atoms with Crippen LogP contribution in [0, 0.1) is 0 Å². The molecule has 9 nitrogen and oxygen atoms in total. The number of carbonyl (C=O) groups excluding carboxylic acids is 2. The summed E-state index contributed by atoms with van der Waals surface area (Å²) in [5.74, 6) is 0. The SMILES string of the molecule is C=CCON1C(=O)N(C)N(C(=O)NS(=O)(=O)c2ccccc2)c2ccccc2C1C. The lowest BCUT2D eigenvalue weighted by Gasteiger charge is -2.32. The van der Waals surface area contributed by atoms with Crippen molar-refractivity contribution in [1.29, 1.82) is 0 Å². The van der Waals surface area contributed by atoms with E-state index in [4.69, 9.17) is 4.84 Å². The fraction of sp³-hybridized carbons (Fsp3) is 0.200. The zero-order valence-corrected chi connectivity index (χ0v) is 17.4. The number of para-hydroxylation sites is 1. The fourth-order valence-electron chi connectivity index (χ4n) is 3.08. The molecule has 3 rings (SSSR count). The molecule has 1 heterocycles. The highest BCUT2D eigenvalue weighted by Gasteiger charge is 2.39. The Morgan fingerprint density at radius 2 is 1.80 bits per heavy atom. The van der Waals surface area contributed by atoms with E-state index < -0.39 is 28.1 Å². The average molecular weight is 430 g/mol. The highest BCUT2D eigenvalue weighted by molar-refractivity contribution is 7.90. The van der Waals surface area contributed by atoms with Gasteiger partial charge < -0.3 is 0 Å². The second-order valence-corrected chi connectivity index (χ2v) is 8.17. The van der Waals surface area contributed by atoms with Crippen LogP contribution in [0.2, 0.25) is 0 Å². The number of urea groups is 2. The summed E-state index contributed by atoms with van der Waals surface area (Å²) in [7, 11) is -2.79. The van der Waals surface area contributed by atoms with Gasteiger partial charge in [-0.25, -0.2) is 27.7 Å². The van der Waals surface area contributed by atoms with E-state index in [1.165, 1.54) is 25.3 Å². The highest BCUT2D eigenvalue weighted by atomic mass is 32.2. The third kappa shape index (κ3) is 4.00. The van der Waals surface area contributed by atoms with Crippen molar-refractivity contribution in [2.24, 2.45) is 0 Å². The molecule has 1 aliphatic heterocycles. The van der Waals surface area contributed by atoms with Gasteiger partial charge in [-0.2, -0.15) is 10.1 Å². The van der Waals surface area contributed by atoms with Crippen molar-refractivity contribution in [3.05, 3.63) is 72.8 Å². The zero-order valence-electron chi connectivity index (χ0n) is 16.6. The normalized spacial score (nSPS) is 16.7. The van der Waals surface area contributed by atoms with Gasteiger partial charge in [0, 0.05) is 12.6 Å². The van der Waals surface area contributed by atoms with E-state index in [-0.39, 0.29) is 11.5 Å². The van der Waals surface area contributed by atoms with Crippen LogP contribution in [0.25, 0.3) is 0 Å². The minimum Gasteiger partial charge on any atom is -0.265 e. The third-order valence-electron chi connectivity index (χ3n) is 4.53. The molecule has 2 aromatic carbocycles. The molecular weight excluding hydrogens is 408 g/mol. The van der Waals surface area contributed by atoms with Crippen molar-refractivity contribution in [1.82, 2.24) is 14.8 Å². The van der Waals surface area contributed by atoms with Gasteiger partial charge in [-0.3, -0.25) is 4.84 Å². The molecule has 1 atom stereocenters. The number of fused-ring (bicyclic) bond motifs is 1. The minimum atomic E-state index is -4.14. The number of hydrazine groups is 1. The molecule has 0 aliphatic carbocycles. The summed E-state index contributed by atoms with van der Waals surface area (Å²) < 4.78 is 27.3. The molecule has 0 bridgehead atoms. The molecule has 2 aromatic rings. The van der Waals surface area contributed by atoms with Crippen LogP contribution in [0.5, 0.6) is 0 Å². The maximum Gasteiger partial charge on any atom is 0.363 e. The Morgan fingerprint density at radius 1 is 1.17 bits per heavy atom. The lowest BCUT2D eigenvalue weighted by molar-refractivity contribution is -0.136. The van der Waals surface area contributed by atoms with Crippen molar-refractivity contribution in [2.45, 2.75) is 17.9 Å². The number of hydroxylamine groups is 2. The highest BCUT2D eigenvalue weighted by Crippen LogP contribution is 2.35. The number of rotatable bonds is 5. The zero-order chi connectivity index (χ0) is 21.9. The second kappa shape index (κ2) is 8.56. The summed E-state index contributed by atoms with van der Waals surface area (Å²) in [6, 6.07) is 12.1. The summed E-state index contributed by atoms with van der Waals surface area (Å²) in [5.41, 5.74) is 0.956. The number of hydrogen-bond donors (Lipinski definition) is 1. The first-order valence-corrected chi connectivity index (χ1v) is 10.6. The molecule has 0 saturated heterocycles. The molecule has 0 radical (unpaired) electrons. The van der Waals surface area contributed by atoms with E-state index in [0.29, 0.717) is 11.3 Å². The van der Waals surface area contributed by atoms with E-state index in [1.807, 2.05) is 4.72 Å². The Hall–Kier alpha value is -3.37. The van der Waals surface area contributed by atoms with E-state index >= 15 is 0 Å². The number of anilines is 1. The van der Waals surface area contributed by atoms with Gasteiger partial charge in [-0.05, 0) is 25.1 Å². The van der Waals surface area contributed by atoms with Crippen LogP contribution < -0.4 is 9.73 Å². The van der Waals surface area contributed by atoms with Crippen LogP contribution >= 0.6 is 0 Å². The van der Waals surface area contributed by atoms with Crippen molar-refractivity contribution in [3.8, 4) is 0 Å². The Balaban J connectivity index is 2.01.